The van der Waals surface area contributed by atoms with Gasteiger partial charge in [0.1, 0.15) is 0 Å². The third-order valence-electron chi connectivity index (χ3n) is 3.73. The molecule has 0 aliphatic rings. The second kappa shape index (κ2) is 11.6. The van der Waals surface area contributed by atoms with Gasteiger partial charge in [-0.1, -0.05) is 0 Å². The fourth-order valence-corrected chi connectivity index (χ4v) is 2.31. The van der Waals surface area contributed by atoms with E-state index in [1.807, 2.05) is 29.1 Å². The van der Waals surface area contributed by atoms with E-state index in [2.05, 4.69) is 20.9 Å². The monoisotopic (exact) mass is 509 g/mol. The lowest BCUT2D eigenvalue weighted by atomic mass is 10.1. The molecule has 0 aliphatic heterocycles. The molecule has 0 atom stereocenters. The number of nitrogens with one attached hydrogen (secondary N) is 3. The van der Waals surface area contributed by atoms with Crippen molar-refractivity contribution >= 4 is 35.8 Å². The molecule has 3 N–H and O–H groups in total. The Hall–Kier alpha value is -2.24. The molecule has 0 saturated carbocycles. The highest BCUT2D eigenvalue weighted by Crippen LogP contribution is 2.28. The number of alkyl halides is 3. The number of nitrogens with zero attached hydrogens (tertiary/aromatic N) is 2. The number of benzene rings is 1. The molecule has 28 heavy (non-hydrogen) atoms. The molecule has 0 radical (unpaired) electrons. The van der Waals surface area contributed by atoms with Crippen LogP contribution in [0.1, 0.15) is 15.9 Å². The Bertz CT molecular complexity index is 746. The van der Waals surface area contributed by atoms with Gasteiger partial charge in [0, 0.05) is 51.2 Å². The zero-order valence-corrected chi connectivity index (χ0v) is 17.6. The highest BCUT2D eigenvalue weighted by molar-refractivity contribution is 14.0. The molecule has 0 saturated heterocycles. The first-order valence-corrected chi connectivity index (χ1v) is 8.41. The molecule has 0 aliphatic carbocycles. The van der Waals surface area contributed by atoms with Crippen LogP contribution in [-0.2, 0) is 12.7 Å². The topological polar surface area (TPSA) is 70.4 Å². The molecule has 2 rings (SSSR count). The molecule has 2 aromatic rings. The SMILES string of the molecule is CN=C(NCCNC(=O)c1ccc(C(F)(F)F)cc1)NCCn1cccc1.I. The number of aliphatic imine (C=N–C) groups is 1. The fraction of sp³-hybridized carbons (Fsp3) is 0.333. The standard InChI is InChI=1S/C18H22F3N5O.HI/c1-22-17(25-10-13-26-11-2-3-12-26)24-9-8-23-16(27)14-4-6-15(7-5-14)18(19,20)21;/h2-7,11-12H,8-10,13H2,1H3,(H,23,27)(H2,22,24,25);1H. The zero-order valence-electron chi connectivity index (χ0n) is 15.3. The van der Waals surface area contributed by atoms with Crippen LogP contribution in [0, 0.1) is 0 Å². The Labute approximate surface area is 178 Å². The smallest absolute Gasteiger partial charge is 0.355 e. The number of amides is 1. The molecule has 0 unspecified atom stereocenters. The van der Waals surface area contributed by atoms with Crippen molar-refractivity contribution in [2.45, 2.75) is 12.7 Å². The van der Waals surface area contributed by atoms with E-state index in [1.54, 1.807) is 7.05 Å². The van der Waals surface area contributed by atoms with Gasteiger partial charge in [-0.05, 0) is 36.4 Å². The number of hydrogen-bond donors (Lipinski definition) is 3. The second-order valence-electron chi connectivity index (χ2n) is 5.68. The van der Waals surface area contributed by atoms with E-state index in [0.29, 0.717) is 25.6 Å². The van der Waals surface area contributed by atoms with E-state index in [-0.39, 0.29) is 29.5 Å². The number of halogens is 4. The number of hydrogen-bond acceptors (Lipinski definition) is 2. The highest BCUT2D eigenvalue weighted by atomic mass is 127. The largest absolute Gasteiger partial charge is 0.416 e. The lowest BCUT2D eigenvalue weighted by Gasteiger charge is -2.13. The predicted molar refractivity (Wildman–Crippen MR) is 113 cm³/mol. The minimum Gasteiger partial charge on any atom is -0.355 e. The Morgan fingerprint density at radius 2 is 1.57 bits per heavy atom. The predicted octanol–water partition coefficient (Wildman–Crippen LogP) is 2.72. The normalized spacial score (nSPS) is 11.5. The van der Waals surface area contributed by atoms with Crippen molar-refractivity contribution in [3.8, 4) is 0 Å². The van der Waals surface area contributed by atoms with E-state index < -0.39 is 17.6 Å². The van der Waals surface area contributed by atoms with Gasteiger partial charge in [0.2, 0.25) is 0 Å². The quantitative estimate of drug-likeness (QED) is 0.233. The molecule has 0 bridgehead atoms. The molecule has 1 heterocycles. The maximum absolute atomic E-state index is 12.5. The summed E-state index contributed by atoms with van der Waals surface area (Å²) in [4.78, 5) is 16.0. The molecule has 1 aromatic heterocycles. The number of guanidine groups is 1. The Morgan fingerprint density at radius 1 is 1.00 bits per heavy atom. The second-order valence-corrected chi connectivity index (χ2v) is 5.68. The van der Waals surface area contributed by atoms with Gasteiger partial charge in [-0.2, -0.15) is 13.2 Å². The highest BCUT2D eigenvalue weighted by Gasteiger charge is 2.30. The summed E-state index contributed by atoms with van der Waals surface area (Å²) in [5, 5.41) is 8.84. The number of carbonyl (C=O) groups excluding carboxylic acids is 1. The van der Waals surface area contributed by atoms with Crippen LogP contribution in [0.5, 0.6) is 0 Å². The maximum atomic E-state index is 12.5. The summed E-state index contributed by atoms with van der Waals surface area (Å²) in [6.07, 6.45) is -0.480. The van der Waals surface area contributed by atoms with E-state index in [4.69, 9.17) is 0 Å². The molecule has 6 nitrogen and oxygen atoms in total. The van der Waals surface area contributed by atoms with Crippen molar-refractivity contribution in [3.05, 3.63) is 59.9 Å². The third-order valence-corrected chi connectivity index (χ3v) is 3.73. The summed E-state index contributed by atoms with van der Waals surface area (Å²) in [5.74, 6) is 0.173. The first-order valence-electron chi connectivity index (χ1n) is 8.41. The zero-order chi connectivity index (χ0) is 19.7. The van der Waals surface area contributed by atoms with Crippen molar-refractivity contribution in [2.24, 2.45) is 4.99 Å². The fourth-order valence-electron chi connectivity index (χ4n) is 2.31. The van der Waals surface area contributed by atoms with Crippen LogP contribution in [0.4, 0.5) is 13.2 Å². The number of rotatable bonds is 7. The minimum absolute atomic E-state index is 0. The summed E-state index contributed by atoms with van der Waals surface area (Å²) >= 11 is 0. The van der Waals surface area contributed by atoms with E-state index in [9.17, 15) is 18.0 Å². The Morgan fingerprint density at radius 3 is 2.14 bits per heavy atom. The summed E-state index contributed by atoms with van der Waals surface area (Å²) in [5.41, 5.74) is -0.604. The van der Waals surface area contributed by atoms with Crippen LogP contribution in [0.15, 0.2) is 53.8 Å². The molecule has 154 valence electrons. The van der Waals surface area contributed by atoms with Crippen LogP contribution in [0.3, 0.4) is 0 Å². The van der Waals surface area contributed by atoms with Crippen LogP contribution in [-0.4, -0.2) is 43.1 Å². The minimum atomic E-state index is -4.41. The van der Waals surface area contributed by atoms with Gasteiger partial charge in [-0.3, -0.25) is 9.79 Å². The molecule has 10 heteroatoms. The van der Waals surface area contributed by atoms with E-state index in [1.165, 1.54) is 0 Å². The van der Waals surface area contributed by atoms with Crippen molar-refractivity contribution in [3.63, 3.8) is 0 Å². The van der Waals surface area contributed by atoms with Crippen LogP contribution < -0.4 is 16.0 Å². The van der Waals surface area contributed by atoms with Gasteiger partial charge in [-0.25, -0.2) is 0 Å². The molecule has 0 spiro atoms. The third kappa shape index (κ3) is 7.79. The van der Waals surface area contributed by atoms with E-state index >= 15 is 0 Å². The van der Waals surface area contributed by atoms with Crippen molar-refractivity contribution in [1.29, 1.82) is 0 Å². The van der Waals surface area contributed by atoms with Crippen molar-refractivity contribution in [2.75, 3.05) is 26.7 Å². The van der Waals surface area contributed by atoms with Gasteiger partial charge < -0.3 is 20.5 Å². The van der Waals surface area contributed by atoms with Crippen LogP contribution in [0.2, 0.25) is 0 Å². The summed E-state index contributed by atoms with van der Waals surface area (Å²) < 4.78 is 39.6. The van der Waals surface area contributed by atoms with Gasteiger partial charge in [-0.15, -0.1) is 24.0 Å². The molecule has 1 aromatic carbocycles. The molecular formula is C18H23F3IN5O. The maximum Gasteiger partial charge on any atom is 0.416 e. The Balaban J connectivity index is 0.00000392. The van der Waals surface area contributed by atoms with Gasteiger partial charge in [0.25, 0.3) is 5.91 Å². The molecule has 0 fully saturated rings. The Kier molecular flexibility index (Phi) is 9.83. The lowest BCUT2D eigenvalue weighted by Crippen LogP contribution is -2.42. The van der Waals surface area contributed by atoms with Crippen LogP contribution >= 0.6 is 24.0 Å². The van der Waals surface area contributed by atoms with Crippen LogP contribution in [0.25, 0.3) is 0 Å². The number of carbonyl (C=O) groups is 1. The first kappa shape index (κ1) is 23.8. The van der Waals surface area contributed by atoms with Gasteiger partial charge >= 0.3 is 6.18 Å². The lowest BCUT2D eigenvalue weighted by molar-refractivity contribution is -0.137. The average Bonchev–Trinajstić information content (AvgIpc) is 3.16. The van der Waals surface area contributed by atoms with Gasteiger partial charge in [0.05, 0.1) is 5.56 Å². The summed E-state index contributed by atoms with van der Waals surface area (Å²) in [6, 6.07) is 8.01. The van der Waals surface area contributed by atoms with Gasteiger partial charge in [0.15, 0.2) is 5.96 Å². The van der Waals surface area contributed by atoms with Crippen molar-refractivity contribution < 1.29 is 18.0 Å². The first-order chi connectivity index (χ1) is 12.9. The molecule has 1 amide bonds. The van der Waals surface area contributed by atoms with E-state index in [0.717, 1.165) is 30.8 Å². The number of aromatic nitrogens is 1. The summed E-state index contributed by atoms with van der Waals surface area (Å²) in [7, 11) is 1.64. The molecular weight excluding hydrogens is 486 g/mol. The van der Waals surface area contributed by atoms with Crippen molar-refractivity contribution in [1.82, 2.24) is 20.5 Å². The summed E-state index contributed by atoms with van der Waals surface area (Å²) in [6.45, 7) is 2.21. The average molecular weight is 509 g/mol.